The molecule has 14 heavy (non-hydrogen) atoms. The van der Waals surface area contributed by atoms with Crippen LogP contribution in [0.15, 0.2) is 12.1 Å². The lowest BCUT2D eigenvalue weighted by Crippen LogP contribution is -2.12. The minimum absolute atomic E-state index is 0.179. The Labute approximate surface area is 81.3 Å². The topological polar surface area (TPSA) is 0 Å². The average molecular weight is 231 g/mol. The van der Waals surface area contributed by atoms with Crippen LogP contribution in [0.25, 0.3) is 0 Å². The van der Waals surface area contributed by atoms with E-state index >= 15 is 0 Å². The van der Waals surface area contributed by atoms with Crippen molar-refractivity contribution in [1.82, 2.24) is 0 Å². The van der Waals surface area contributed by atoms with Crippen molar-refractivity contribution in [1.29, 1.82) is 0 Å². The molecule has 0 saturated heterocycles. The zero-order valence-electron chi connectivity index (χ0n) is 6.63. The van der Waals surface area contributed by atoms with Crippen molar-refractivity contribution < 1.29 is 22.0 Å². The van der Waals surface area contributed by atoms with Gasteiger partial charge in [-0.25, -0.2) is 8.78 Å². The number of benzene rings is 1. The molecular formula is C8H4ClF5. The van der Waals surface area contributed by atoms with Crippen molar-refractivity contribution in [2.45, 2.75) is 12.1 Å². The number of rotatable bonds is 1. The second-order valence-electron chi connectivity index (χ2n) is 2.55. The van der Waals surface area contributed by atoms with Crippen LogP contribution in [0.5, 0.6) is 0 Å². The highest BCUT2D eigenvalue weighted by Crippen LogP contribution is 2.35. The molecule has 0 spiro atoms. The van der Waals surface area contributed by atoms with Crippen LogP contribution in [0, 0.1) is 11.6 Å². The maximum absolute atomic E-state index is 12.8. The van der Waals surface area contributed by atoms with Gasteiger partial charge in [0, 0.05) is 11.9 Å². The number of alkyl halides is 4. The molecule has 0 bridgehead atoms. The SMILES string of the molecule is Fc1cc(F)c(C(F)(F)F)c(CCl)c1. The van der Waals surface area contributed by atoms with E-state index in [4.69, 9.17) is 11.6 Å². The van der Waals surface area contributed by atoms with Gasteiger partial charge in [-0.3, -0.25) is 0 Å². The molecule has 0 radical (unpaired) electrons. The fourth-order valence-electron chi connectivity index (χ4n) is 1.05. The van der Waals surface area contributed by atoms with Gasteiger partial charge in [-0.1, -0.05) is 0 Å². The van der Waals surface area contributed by atoms with Gasteiger partial charge in [-0.2, -0.15) is 13.2 Å². The summed E-state index contributed by atoms with van der Waals surface area (Å²) in [6, 6.07) is 0.748. The molecule has 0 unspecified atom stereocenters. The van der Waals surface area contributed by atoms with E-state index in [1.54, 1.807) is 0 Å². The Bertz CT molecular complexity index is 344. The predicted molar refractivity (Wildman–Crippen MR) is 40.9 cm³/mol. The van der Waals surface area contributed by atoms with Gasteiger partial charge in [0.2, 0.25) is 0 Å². The van der Waals surface area contributed by atoms with Crippen molar-refractivity contribution in [2.24, 2.45) is 0 Å². The summed E-state index contributed by atoms with van der Waals surface area (Å²) in [6.45, 7) is 0. The van der Waals surface area contributed by atoms with Crippen molar-refractivity contribution in [3.05, 3.63) is 34.9 Å². The summed E-state index contributed by atoms with van der Waals surface area (Å²) in [7, 11) is 0. The van der Waals surface area contributed by atoms with Gasteiger partial charge in [0.05, 0.1) is 5.56 Å². The predicted octanol–water partition coefficient (Wildman–Crippen LogP) is 3.72. The zero-order chi connectivity index (χ0) is 10.9. The standard InChI is InChI=1S/C8H4ClF5/c9-3-4-1-5(10)2-6(11)7(4)8(12,13)14/h1-2H,3H2. The van der Waals surface area contributed by atoms with E-state index in [2.05, 4.69) is 0 Å². The second kappa shape index (κ2) is 3.73. The molecule has 78 valence electrons. The second-order valence-corrected chi connectivity index (χ2v) is 2.82. The molecule has 0 amide bonds. The summed E-state index contributed by atoms with van der Waals surface area (Å²) in [5.74, 6) is -3.32. The maximum atomic E-state index is 12.8. The van der Waals surface area contributed by atoms with Crippen molar-refractivity contribution in [3.8, 4) is 0 Å². The van der Waals surface area contributed by atoms with Crippen molar-refractivity contribution in [2.75, 3.05) is 0 Å². The normalized spacial score (nSPS) is 11.9. The van der Waals surface area contributed by atoms with Crippen LogP contribution in [0.4, 0.5) is 22.0 Å². The quantitative estimate of drug-likeness (QED) is 0.509. The van der Waals surface area contributed by atoms with Crippen LogP contribution in [-0.4, -0.2) is 0 Å². The Kier molecular flexibility index (Phi) is 2.99. The first kappa shape index (κ1) is 11.2. The molecule has 1 aromatic rings. The van der Waals surface area contributed by atoms with Crippen LogP contribution in [0.1, 0.15) is 11.1 Å². The molecule has 0 aliphatic carbocycles. The van der Waals surface area contributed by atoms with E-state index < -0.39 is 34.8 Å². The van der Waals surface area contributed by atoms with Crippen molar-refractivity contribution in [3.63, 3.8) is 0 Å². The molecule has 1 rings (SSSR count). The number of halogens is 6. The van der Waals surface area contributed by atoms with Gasteiger partial charge < -0.3 is 0 Å². The van der Waals surface area contributed by atoms with Gasteiger partial charge >= 0.3 is 6.18 Å². The molecule has 0 aliphatic heterocycles. The molecule has 0 N–H and O–H groups in total. The van der Waals surface area contributed by atoms with Gasteiger partial charge in [0.25, 0.3) is 0 Å². The fraction of sp³-hybridized carbons (Fsp3) is 0.250. The Morgan fingerprint density at radius 2 is 1.71 bits per heavy atom. The molecule has 0 atom stereocenters. The van der Waals surface area contributed by atoms with Crippen LogP contribution in [-0.2, 0) is 12.1 Å². The van der Waals surface area contributed by atoms with E-state index in [1.807, 2.05) is 0 Å². The molecular weight excluding hydrogens is 227 g/mol. The minimum atomic E-state index is -4.86. The maximum Gasteiger partial charge on any atom is 0.419 e. The highest BCUT2D eigenvalue weighted by atomic mass is 35.5. The Morgan fingerprint density at radius 3 is 2.14 bits per heavy atom. The van der Waals surface area contributed by atoms with Gasteiger partial charge in [0.1, 0.15) is 11.6 Å². The molecule has 0 saturated carbocycles. The Morgan fingerprint density at radius 1 is 1.14 bits per heavy atom. The summed E-state index contributed by atoms with van der Waals surface area (Å²) < 4.78 is 61.9. The van der Waals surface area contributed by atoms with Gasteiger partial charge in [-0.15, -0.1) is 11.6 Å². The molecule has 0 fully saturated rings. The average Bonchev–Trinajstić information content (AvgIpc) is 1.99. The number of hydrogen-bond donors (Lipinski definition) is 0. The molecule has 0 heterocycles. The lowest BCUT2D eigenvalue weighted by molar-refractivity contribution is -0.140. The van der Waals surface area contributed by atoms with Crippen LogP contribution in [0.3, 0.4) is 0 Å². The van der Waals surface area contributed by atoms with E-state index in [1.165, 1.54) is 0 Å². The third-order valence-corrected chi connectivity index (χ3v) is 1.85. The highest BCUT2D eigenvalue weighted by Gasteiger charge is 2.36. The minimum Gasteiger partial charge on any atom is -0.207 e. The van der Waals surface area contributed by atoms with Crippen LogP contribution < -0.4 is 0 Å². The van der Waals surface area contributed by atoms with Crippen LogP contribution >= 0.6 is 11.6 Å². The first-order valence-electron chi connectivity index (χ1n) is 3.47. The lowest BCUT2D eigenvalue weighted by atomic mass is 10.1. The third-order valence-electron chi connectivity index (χ3n) is 1.56. The van der Waals surface area contributed by atoms with E-state index in [0.717, 1.165) is 0 Å². The summed E-state index contributed by atoms with van der Waals surface area (Å²) >= 11 is 5.15. The Balaban J connectivity index is 3.40. The monoisotopic (exact) mass is 230 g/mol. The summed E-state index contributed by atoms with van der Waals surface area (Å²) in [4.78, 5) is 0. The molecule has 0 nitrogen and oxygen atoms in total. The smallest absolute Gasteiger partial charge is 0.207 e. The molecule has 1 aromatic carbocycles. The lowest BCUT2D eigenvalue weighted by Gasteiger charge is -2.11. The van der Waals surface area contributed by atoms with E-state index in [9.17, 15) is 22.0 Å². The first-order valence-corrected chi connectivity index (χ1v) is 4.00. The molecule has 0 aliphatic rings. The summed E-state index contributed by atoms with van der Waals surface area (Å²) in [5.41, 5.74) is -2.11. The fourth-order valence-corrected chi connectivity index (χ4v) is 1.26. The molecule has 0 aromatic heterocycles. The van der Waals surface area contributed by atoms with E-state index in [0.29, 0.717) is 6.07 Å². The van der Waals surface area contributed by atoms with E-state index in [-0.39, 0.29) is 6.07 Å². The first-order chi connectivity index (χ1) is 6.36. The third kappa shape index (κ3) is 2.15. The van der Waals surface area contributed by atoms with Gasteiger partial charge in [0.15, 0.2) is 0 Å². The highest BCUT2D eigenvalue weighted by molar-refractivity contribution is 6.17. The van der Waals surface area contributed by atoms with Crippen LogP contribution in [0.2, 0.25) is 0 Å². The molecule has 6 heteroatoms. The largest absolute Gasteiger partial charge is 0.419 e. The summed E-state index contributed by atoms with van der Waals surface area (Å²) in [5, 5.41) is 0. The Hall–Kier alpha value is -0.840. The zero-order valence-corrected chi connectivity index (χ0v) is 7.39. The summed E-state index contributed by atoms with van der Waals surface area (Å²) in [6.07, 6.45) is -4.86. The van der Waals surface area contributed by atoms with Crippen molar-refractivity contribution >= 4 is 11.6 Å². The number of hydrogen-bond acceptors (Lipinski definition) is 0. The van der Waals surface area contributed by atoms with Gasteiger partial charge in [-0.05, 0) is 11.6 Å².